The Morgan fingerprint density at radius 1 is 1.37 bits per heavy atom. The summed E-state index contributed by atoms with van der Waals surface area (Å²) in [5.41, 5.74) is 0.996. The highest BCUT2D eigenvalue weighted by atomic mass is 35.5. The van der Waals surface area contributed by atoms with Gasteiger partial charge in [0, 0.05) is 31.6 Å². The van der Waals surface area contributed by atoms with E-state index in [-0.39, 0.29) is 24.4 Å². The molecule has 0 radical (unpaired) electrons. The predicted molar refractivity (Wildman–Crippen MR) is 80.0 cm³/mol. The van der Waals surface area contributed by atoms with Crippen LogP contribution in [0.3, 0.4) is 0 Å². The average Bonchev–Trinajstić information content (AvgIpc) is 2.39. The SMILES string of the molecule is CNCCC(=O)NCC(OC)c1ccc(Cl)cc1.Cl. The third-order valence-corrected chi connectivity index (χ3v) is 2.86. The summed E-state index contributed by atoms with van der Waals surface area (Å²) >= 11 is 5.83. The Hall–Kier alpha value is -0.810. The molecule has 2 N–H and O–H groups in total. The summed E-state index contributed by atoms with van der Waals surface area (Å²) in [5, 5.41) is 6.46. The van der Waals surface area contributed by atoms with Crippen LogP contribution in [-0.2, 0) is 9.53 Å². The lowest BCUT2D eigenvalue weighted by atomic mass is 10.1. The van der Waals surface area contributed by atoms with Crippen LogP contribution in [0, 0.1) is 0 Å². The lowest BCUT2D eigenvalue weighted by Gasteiger charge is -2.16. The van der Waals surface area contributed by atoms with Crippen molar-refractivity contribution in [3.63, 3.8) is 0 Å². The van der Waals surface area contributed by atoms with E-state index in [2.05, 4.69) is 10.6 Å². The van der Waals surface area contributed by atoms with E-state index in [0.717, 1.165) is 5.56 Å². The number of hydrogen-bond donors (Lipinski definition) is 2. The fourth-order valence-corrected chi connectivity index (χ4v) is 1.67. The minimum absolute atomic E-state index is 0. The monoisotopic (exact) mass is 306 g/mol. The zero-order valence-corrected chi connectivity index (χ0v) is 12.7. The molecule has 1 aromatic rings. The van der Waals surface area contributed by atoms with Crippen molar-refractivity contribution in [2.24, 2.45) is 0 Å². The standard InChI is InChI=1S/C13H19ClN2O2.ClH/c1-15-8-7-13(17)16-9-12(18-2)10-3-5-11(14)6-4-10;/h3-6,12,15H,7-9H2,1-2H3,(H,16,17);1H. The van der Waals surface area contributed by atoms with Crippen molar-refractivity contribution in [1.82, 2.24) is 10.6 Å². The maximum atomic E-state index is 11.5. The highest BCUT2D eigenvalue weighted by molar-refractivity contribution is 6.30. The van der Waals surface area contributed by atoms with Crippen LogP contribution in [0.2, 0.25) is 5.02 Å². The molecular formula is C13H20Cl2N2O2. The zero-order chi connectivity index (χ0) is 13.4. The molecule has 1 unspecified atom stereocenters. The largest absolute Gasteiger partial charge is 0.375 e. The van der Waals surface area contributed by atoms with E-state index in [9.17, 15) is 4.79 Å². The molecular weight excluding hydrogens is 287 g/mol. The van der Waals surface area contributed by atoms with E-state index in [1.807, 2.05) is 31.3 Å². The Kier molecular flexibility index (Phi) is 9.61. The smallest absolute Gasteiger partial charge is 0.221 e. The van der Waals surface area contributed by atoms with E-state index in [1.54, 1.807) is 7.11 Å². The van der Waals surface area contributed by atoms with Gasteiger partial charge in [0.2, 0.25) is 5.91 Å². The molecule has 0 bridgehead atoms. The van der Waals surface area contributed by atoms with Crippen LogP contribution in [0.5, 0.6) is 0 Å². The number of ether oxygens (including phenoxy) is 1. The first-order chi connectivity index (χ1) is 8.67. The van der Waals surface area contributed by atoms with Crippen molar-refractivity contribution in [1.29, 1.82) is 0 Å². The van der Waals surface area contributed by atoms with Gasteiger partial charge in [0.15, 0.2) is 0 Å². The van der Waals surface area contributed by atoms with Crippen molar-refractivity contribution in [3.8, 4) is 0 Å². The van der Waals surface area contributed by atoms with Crippen LogP contribution in [0.25, 0.3) is 0 Å². The molecule has 0 aliphatic carbocycles. The van der Waals surface area contributed by atoms with E-state index in [4.69, 9.17) is 16.3 Å². The number of rotatable bonds is 7. The summed E-state index contributed by atoms with van der Waals surface area (Å²) in [6.07, 6.45) is 0.314. The number of amides is 1. The van der Waals surface area contributed by atoms with Crippen LogP contribution in [0.1, 0.15) is 18.1 Å². The Morgan fingerprint density at radius 2 is 2.00 bits per heavy atom. The number of benzene rings is 1. The third kappa shape index (κ3) is 6.78. The van der Waals surface area contributed by atoms with E-state index >= 15 is 0 Å². The summed E-state index contributed by atoms with van der Waals surface area (Å²) in [5.74, 6) is 0.0142. The van der Waals surface area contributed by atoms with Gasteiger partial charge in [-0.05, 0) is 24.7 Å². The molecule has 4 nitrogen and oxygen atoms in total. The fraction of sp³-hybridized carbons (Fsp3) is 0.462. The number of nitrogens with one attached hydrogen (secondary N) is 2. The van der Waals surface area contributed by atoms with Gasteiger partial charge in [0.05, 0.1) is 6.10 Å². The molecule has 1 amide bonds. The Balaban J connectivity index is 0.00000324. The minimum atomic E-state index is -0.152. The summed E-state index contributed by atoms with van der Waals surface area (Å²) < 4.78 is 5.36. The summed E-state index contributed by atoms with van der Waals surface area (Å²) in [4.78, 5) is 11.5. The normalized spacial score (nSPS) is 11.5. The number of methoxy groups -OCH3 is 1. The molecule has 0 saturated heterocycles. The number of halogens is 2. The average molecular weight is 307 g/mol. The Bertz CT molecular complexity index is 371. The van der Waals surface area contributed by atoms with Gasteiger partial charge in [-0.1, -0.05) is 23.7 Å². The predicted octanol–water partition coefficient (Wildman–Crippen LogP) is 2.18. The Morgan fingerprint density at radius 3 is 2.53 bits per heavy atom. The second kappa shape index (κ2) is 10.0. The topological polar surface area (TPSA) is 50.4 Å². The first-order valence-electron chi connectivity index (χ1n) is 5.87. The van der Waals surface area contributed by atoms with Crippen LogP contribution in [0.4, 0.5) is 0 Å². The first kappa shape index (κ1) is 18.2. The molecule has 0 aromatic heterocycles. The number of carbonyl (C=O) groups excluding carboxylic acids is 1. The molecule has 0 aliphatic heterocycles. The van der Waals surface area contributed by atoms with Crippen molar-refractivity contribution < 1.29 is 9.53 Å². The maximum Gasteiger partial charge on any atom is 0.221 e. The number of carbonyl (C=O) groups is 1. The van der Waals surface area contributed by atoms with Crippen LogP contribution >= 0.6 is 24.0 Å². The molecule has 19 heavy (non-hydrogen) atoms. The molecule has 1 aromatic carbocycles. The third-order valence-electron chi connectivity index (χ3n) is 2.61. The summed E-state index contributed by atoms with van der Waals surface area (Å²) in [7, 11) is 3.44. The molecule has 6 heteroatoms. The van der Waals surface area contributed by atoms with Gasteiger partial charge >= 0.3 is 0 Å². The van der Waals surface area contributed by atoms with E-state index in [0.29, 0.717) is 24.5 Å². The van der Waals surface area contributed by atoms with Crippen molar-refractivity contribution in [2.75, 3.05) is 27.2 Å². The van der Waals surface area contributed by atoms with Crippen LogP contribution < -0.4 is 10.6 Å². The van der Waals surface area contributed by atoms with Gasteiger partial charge in [-0.2, -0.15) is 0 Å². The van der Waals surface area contributed by atoms with Crippen molar-refractivity contribution in [2.45, 2.75) is 12.5 Å². The first-order valence-corrected chi connectivity index (χ1v) is 6.24. The highest BCUT2D eigenvalue weighted by Crippen LogP contribution is 2.18. The number of hydrogen-bond acceptors (Lipinski definition) is 3. The van der Waals surface area contributed by atoms with E-state index < -0.39 is 0 Å². The molecule has 0 fully saturated rings. The molecule has 1 rings (SSSR count). The molecule has 1 atom stereocenters. The lowest BCUT2D eigenvalue weighted by molar-refractivity contribution is -0.121. The second-order valence-corrected chi connectivity index (χ2v) is 4.37. The molecule has 0 saturated carbocycles. The molecule has 0 heterocycles. The maximum absolute atomic E-state index is 11.5. The van der Waals surface area contributed by atoms with Crippen LogP contribution in [-0.4, -0.2) is 33.2 Å². The van der Waals surface area contributed by atoms with Gasteiger partial charge < -0.3 is 15.4 Å². The highest BCUT2D eigenvalue weighted by Gasteiger charge is 2.11. The van der Waals surface area contributed by atoms with E-state index in [1.165, 1.54) is 0 Å². The zero-order valence-electron chi connectivity index (χ0n) is 11.1. The van der Waals surface area contributed by atoms with Crippen LogP contribution in [0.15, 0.2) is 24.3 Å². The quantitative estimate of drug-likeness (QED) is 0.812. The Labute approximate surface area is 125 Å². The van der Waals surface area contributed by atoms with Gasteiger partial charge in [-0.25, -0.2) is 0 Å². The molecule has 0 aliphatic rings. The second-order valence-electron chi connectivity index (χ2n) is 3.93. The van der Waals surface area contributed by atoms with Crippen molar-refractivity contribution >= 4 is 29.9 Å². The summed E-state index contributed by atoms with van der Waals surface area (Å²) in [6.45, 7) is 1.13. The fourth-order valence-electron chi connectivity index (χ4n) is 1.55. The van der Waals surface area contributed by atoms with Gasteiger partial charge in [0.1, 0.15) is 0 Å². The molecule has 0 spiro atoms. The van der Waals surface area contributed by atoms with Gasteiger partial charge in [-0.15, -0.1) is 12.4 Å². The summed E-state index contributed by atoms with van der Waals surface area (Å²) in [6, 6.07) is 7.42. The van der Waals surface area contributed by atoms with Crippen molar-refractivity contribution in [3.05, 3.63) is 34.9 Å². The minimum Gasteiger partial charge on any atom is -0.375 e. The van der Waals surface area contributed by atoms with Gasteiger partial charge in [0.25, 0.3) is 0 Å². The molecule has 108 valence electrons. The lowest BCUT2D eigenvalue weighted by Crippen LogP contribution is -2.30. The van der Waals surface area contributed by atoms with Gasteiger partial charge in [-0.3, -0.25) is 4.79 Å².